The van der Waals surface area contributed by atoms with Crippen molar-refractivity contribution in [3.05, 3.63) is 23.8 Å². The second-order valence-corrected chi connectivity index (χ2v) is 9.64. The summed E-state index contributed by atoms with van der Waals surface area (Å²) in [7, 11) is 0. The van der Waals surface area contributed by atoms with Crippen LogP contribution in [0.15, 0.2) is 23.8 Å². The maximum atomic E-state index is 12.5. The van der Waals surface area contributed by atoms with Crippen LogP contribution in [0.4, 0.5) is 0 Å². The SMILES string of the molecule is C=C1[C@@H](OC(=O)CCC)C[C@](C)(OC(C)=O)[C@H]2C[C@@H](OC(=O)/C(C)=C\C)[C@H](C)[C@H]2[C@@H]1OC(C)=O. The average molecular weight is 479 g/mol. The van der Waals surface area contributed by atoms with Crippen LogP contribution in [0.5, 0.6) is 0 Å². The van der Waals surface area contributed by atoms with E-state index in [-0.39, 0.29) is 30.6 Å². The van der Waals surface area contributed by atoms with Crippen LogP contribution >= 0.6 is 0 Å². The molecule has 2 rings (SSSR count). The summed E-state index contributed by atoms with van der Waals surface area (Å²) in [5.74, 6) is -2.72. The Morgan fingerprint density at radius 3 is 2.26 bits per heavy atom. The van der Waals surface area contributed by atoms with E-state index in [0.29, 0.717) is 24.0 Å². The predicted molar refractivity (Wildman–Crippen MR) is 124 cm³/mol. The minimum absolute atomic E-state index is 0.168. The van der Waals surface area contributed by atoms with Gasteiger partial charge < -0.3 is 18.9 Å². The first-order chi connectivity index (χ1) is 15.8. The molecule has 0 saturated heterocycles. The molecule has 2 aliphatic carbocycles. The Bertz CT molecular complexity index is 859. The van der Waals surface area contributed by atoms with Crippen LogP contribution in [0.3, 0.4) is 0 Å². The summed E-state index contributed by atoms with van der Waals surface area (Å²) in [6.45, 7) is 15.8. The van der Waals surface area contributed by atoms with E-state index in [0.717, 1.165) is 0 Å². The summed E-state index contributed by atoms with van der Waals surface area (Å²) in [5, 5.41) is 0. The molecule has 0 bridgehead atoms. The number of esters is 4. The lowest BCUT2D eigenvalue weighted by Gasteiger charge is -2.38. The molecule has 0 aliphatic heterocycles. The van der Waals surface area contributed by atoms with Gasteiger partial charge in [-0.25, -0.2) is 4.79 Å². The predicted octanol–water partition coefficient (Wildman–Crippen LogP) is 4.06. The zero-order valence-electron chi connectivity index (χ0n) is 21.3. The first-order valence-corrected chi connectivity index (χ1v) is 11.9. The van der Waals surface area contributed by atoms with Crippen molar-refractivity contribution >= 4 is 23.9 Å². The van der Waals surface area contributed by atoms with Gasteiger partial charge in [0.15, 0.2) is 0 Å². The molecule has 7 atom stereocenters. The van der Waals surface area contributed by atoms with Gasteiger partial charge in [0.1, 0.15) is 23.9 Å². The number of rotatable bonds is 7. The van der Waals surface area contributed by atoms with Crippen LogP contribution in [0.2, 0.25) is 0 Å². The molecule has 8 heteroatoms. The number of hydrogen-bond donors (Lipinski definition) is 0. The number of carbonyl (C=O) groups excluding carboxylic acids is 4. The maximum absolute atomic E-state index is 12.5. The van der Waals surface area contributed by atoms with E-state index < -0.39 is 47.8 Å². The summed E-state index contributed by atoms with van der Waals surface area (Å²) in [6.07, 6.45) is 1.04. The topological polar surface area (TPSA) is 105 Å². The van der Waals surface area contributed by atoms with Crippen LogP contribution < -0.4 is 0 Å². The molecule has 190 valence electrons. The zero-order valence-corrected chi connectivity index (χ0v) is 21.3. The standard InChI is InChI=1S/C26H38O8/c1-9-11-22(29)32-21-13-26(8,34-18(7)28)19-12-20(33-25(30)14(3)10-2)15(4)23(19)24(16(21)5)31-17(6)27/h10,15,19-21,23-24H,5,9,11-13H2,1-4,6-8H3/b14-10-/t15-,19-,20+,21-,23+,24+,26-/m0/s1. The summed E-state index contributed by atoms with van der Waals surface area (Å²) in [5.41, 5.74) is -0.129. The Labute approximate surface area is 202 Å². The Morgan fingerprint density at radius 2 is 1.74 bits per heavy atom. The van der Waals surface area contributed by atoms with Crippen molar-refractivity contribution in [2.75, 3.05) is 0 Å². The van der Waals surface area contributed by atoms with Gasteiger partial charge in [-0.3, -0.25) is 14.4 Å². The van der Waals surface area contributed by atoms with Crippen LogP contribution in [0.25, 0.3) is 0 Å². The van der Waals surface area contributed by atoms with E-state index >= 15 is 0 Å². The molecule has 8 nitrogen and oxygen atoms in total. The van der Waals surface area contributed by atoms with Crippen molar-refractivity contribution in [1.82, 2.24) is 0 Å². The number of carbonyl (C=O) groups is 4. The van der Waals surface area contributed by atoms with E-state index in [9.17, 15) is 19.2 Å². The van der Waals surface area contributed by atoms with Gasteiger partial charge in [0.25, 0.3) is 0 Å². The first-order valence-electron chi connectivity index (χ1n) is 11.9. The van der Waals surface area contributed by atoms with Gasteiger partial charge >= 0.3 is 23.9 Å². The van der Waals surface area contributed by atoms with Crippen LogP contribution in [-0.4, -0.2) is 47.8 Å². The molecule has 0 spiro atoms. The van der Waals surface area contributed by atoms with Crippen molar-refractivity contribution in [3.63, 3.8) is 0 Å². The fraction of sp³-hybridized carbons (Fsp3) is 0.692. The van der Waals surface area contributed by atoms with E-state index in [2.05, 4.69) is 6.58 Å². The second-order valence-electron chi connectivity index (χ2n) is 9.64. The second kappa shape index (κ2) is 11.2. The summed E-state index contributed by atoms with van der Waals surface area (Å²) in [4.78, 5) is 49.1. The number of fused-ring (bicyclic) bond motifs is 1. The smallest absolute Gasteiger partial charge is 0.333 e. The fourth-order valence-corrected chi connectivity index (χ4v) is 5.28. The molecule has 0 aromatic heterocycles. The third-order valence-electron chi connectivity index (χ3n) is 7.06. The quantitative estimate of drug-likeness (QED) is 0.233. The average Bonchev–Trinajstić information content (AvgIpc) is 3.02. The van der Waals surface area contributed by atoms with E-state index in [1.165, 1.54) is 13.8 Å². The highest BCUT2D eigenvalue weighted by Crippen LogP contribution is 2.53. The van der Waals surface area contributed by atoms with Crippen molar-refractivity contribution < 1.29 is 38.1 Å². The van der Waals surface area contributed by atoms with Gasteiger partial charge in [-0.2, -0.15) is 0 Å². The zero-order chi connectivity index (χ0) is 25.8. The van der Waals surface area contributed by atoms with Crippen LogP contribution in [0, 0.1) is 17.8 Å². The highest BCUT2D eigenvalue weighted by molar-refractivity contribution is 5.87. The summed E-state index contributed by atoms with van der Waals surface area (Å²) in [6, 6.07) is 0. The van der Waals surface area contributed by atoms with Crippen LogP contribution in [0.1, 0.15) is 74.1 Å². The Balaban J connectivity index is 2.52. The van der Waals surface area contributed by atoms with E-state index in [1.807, 2.05) is 13.8 Å². The molecule has 2 aliphatic rings. The van der Waals surface area contributed by atoms with Gasteiger partial charge in [-0.15, -0.1) is 0 Å². The monoisotopic (exact) mass is 478 g/mol. The van der Waals surface area contributed by atoms with E-state index in [1.54, 1.807) is 26.8 Å². The molecule has 0 amide bonds. The van der Waals surface area contributed by atoms with Gasteiger partial charge in [-0.1, -0.05) is 26.5 Å². The molecule has 0 unspecified atom stereocenters. The Morgan fingerprint density at radius 1 is 1.09 bits per heavy atom. The van der Waals surface area contributed by atoms with Crippen molar-refractivity contribution in [2.45, 2.75) is 98.1 Å². The molecule has 34 heavy (non-hydrogen) atoms. The highest BCUT2D eigenvalue weighted by Gasteiger charge is 2.59. The molecular weight excluding hydrogens is 440 g/mol. The Kier molecular flexibility index (Phi) is 9.08. The first kappa shape index (κ1) is 27.6. The van der Waals surface area contributed by atoms with Gasteiger partial charge in [0, 0.05) is 55.6 Å². The molecule has 2 saturated carbocycles. The van der Waals surface area contributed by atoms with Gasteiger partial charge in [0.2, 0.25) is 0 Å². The lowest BCUT2D eigenvalue weighted by molar-refractivity contribution is -0.170. The third kappa shape index (κ3) is 6.07. The highest BCUT2D eigenvalue weighted by atomic mass is 16.6. The lowest BCUT2D eigenvalue weighted by Crippen LogP contribution is -2.44. The molecule has 0 heterocycles. The lowest BCUT2D eigenvalue weighted by atomic mass is 9.76. The number of allylic oxidation sites excluding steroid dienone is 1. The number of hydrogen-bond acceptors (Lipinski definition) is 8. The minimum Gasteiger partial charge on any atom is -0.459 e. The van der Waals surface area contributed by atoms with Crippen molar-refractivity contribution in [2.24, 2.45) is 17.8 Å². The van der Waals surface area contributed by atoms with E-state index in [4.69, 9.17) is 18.9 Å². The minimum atomic E-state index is -1.06. The fourth-order valence-electron chi connectivity index (χ4n) is 5.28. The molecular formula is C26H38O8. The Hall–Kier alpha value is -2.64. The summed E-state index contributed by atoms with van der Waals surface area (Å²) >= 11 is 0. The third-order valence-corrected chi connectivity index (χ3v) is 7.06. The molecule has 0 aromatic rings. The van der Waals surface area contributed by atoms with Crippen molar-refractivity contribution in [3.8, 4) is 0 Å². The van der Waals surface area contributed by atoms with Crippen molar-refractivity contribution in [1.29, 1.82) is 0 Å². The summed E-state index contributed by atoms with van der Waals surface area (Å²) < 4.78 is 23.1. The molecule has 2 fully saturated rings. The molecule has 0 aromatic carbocycles. The molecule has 0 radical (unpaired) electrons. The van der Waals surface area contributed by atoms with Crippen LogP contribution in [-0.2, 0) is 38.1 Å². The maximum Gasteiger partial charge on any atom is 0.333 e. The largest absolute Gasteiger partial charge is 0.459 e. The molecule has 0 N–H and O–H groups in total. The number of ether oxygens (including phenoxy) is 4. The van der Waals surface area contributed by atoms with Gasteiger partial charge in [-0.05, 0) is 33.6 Å². The normalized spacial score (nSPS) is 33.4. The van der Waals surface area contributed by atoms with Gasteiger partial charge in [0.05, 0.1) is 0 Å².